The Morgan fingerprint density at radius 3 is 2.21 bits per heavy atom. The molecule has 0 N–H and O–H groups in total. The third-order valence-corrected chi connectivity index (χ3v) is 4.82. The topological polar surface area (TPSA) is 100 Å². The van der Waals surface area contributed by atoms with Crippen molar-refractivity contribution >= 4 is 21.8 Å². The van der Waals surface area contributed by atoms with Gasteiger partial charge in [0, 0.05) is 0 Å². The quantitative estimate of drug-likeness (QED) is 0.287. The van der Waals surface area contributed by atoms with Crippen molar-refractivity contribution < 1.29 is 31.7 Å². The summed E-state index contributed by atoms with van der Waals surface area (Å²) in [6, 6.07) is 10.8. The number of hydrogen-bond acceptors (Lipinski definition) is 8. The summed E-state index contributed by atoms with van der Waals surface area (Å²) >= 11 is 0. The molecular weight excluding hydrogens is 386 g/mol. The van der Waals surface area contributed by atoms with Gasteiger partial charge in [-0.25, -0.2) is 4.79 Å². The van der Waals surface area contributed by atoms with Crippen LogP contribution in [0.5, 0.6) is 17.2 Å². The van der Waals surface area contributed by atoms with Crippen molar-refractivity contribution in [2.75, 3.05) is 14.2 Å². The SMILES string of the molecule is CCC(=NOS(=O)(=O)c1ccc(C)cc1)C(=O)Oc1cccc(OC)c1OC. The lowest BCUT2D eigenvalue weighted by molar-refractivity contribution is -0.127. The van der Waals surface area contributed by atoms with Crippen molar-refractivity contribution in [3.63, 3.8) is 0 Å². The van der Waals surface area contributed by atoms with Gasteiger partial charge in [-0.2, -0.15) is 8.42 Å². The van der Waals surface area contributed by atoms with Crippen molar-refractivity contribution in [3.05, 3.63) is 48.0 Å². The number of methoxy groups -OCH3 is 2. The van der Waals surface area contributed by atoms with E-state index in [1.807, 2.05) is 6.92 Å². The van der Waals surface area contributed by atoms with Gasteiger partial charge in [-0.3, -0.25) is 4.28 Å². The van der Waals surface area contributed by atoms with E-state index in [2.05, 4.69) is 9.44 Å². The summed E-state index contributed by atoms with van der Waals surface area (Å²) in [7, 11) is -1.30. The molecule has 0 amide bonds. The predicted octanol–water partition coefficient (Wildman–Crippen LogP) is 3.09. The van der Waals surface area contributed by atoms with E-state index in [9.17, 15) is 13.2 Å². The monoisotopic (exact) mass is 407 g/mol. The zero-order valence-corrected chi connectivity index (χ0v) is 16.8. The number of carbonyl (C=O) groups excluding carboxylic acids is 1. The fourth-order valence-electron chi connectivity index (χ4n) is 2.18. The van der Waals surface area contributed by atoms with E-state index in [4.69, 9.17) is 14.2 Å². The number of aryl methyl sites for hydroxylation is 1. The van der Waals surface area contributed by atoms with Crippen LogP contribution < -0.4 is 14.2 Å². The third-order valence-electron chi connectivity index (χ3n) is 3.70. The molecule has 0 saturated carbocycles. The Morgan fingerprint density at radius 2 is 1.64 bits per heavy atom. The number of benzene rings is 2. The lowest BCUT2D eigenvalue weighted by Crippen LogP contribution is -2.21. The molecular formula is C19H21NO7S. The normalized spacial score (nSPS) is 11.6. The number of nitrogens with zero attached hydrogens (tertiary/aromatic N) is 1. The van der Waals surface area contributed by atoms with Crippen LogP contribution in [0.1, 0.15) is 18.9 Å². The van der Waals surface area contributed by atoms with Gasteiger partial charge in [0.2, 0.25) is 5.75 Å². The summed E-state index contributed by atoms with van der Waals surface area (Å²) < 4.78 is 44.7. The molecule has 0 unspecified atom stereocenters. The summed E-state index contributed by atoms with van der Waals surface area (Å²) in [6.07, 6.45) is 0.0918. The van der Waals surface area contributed by atoms with Crippen LogP contribution in [0, 0.1) is 6.92 Å². The van der Waals surface area contributed by atoms with Crippen LogP contribution in [0.2, 0.25) is 0 Å². The Hall–Kier alpha value is -3.07. The molecule has 8 nitrogen and oxygen atoms in total. The molecule has 0 aliphatic rings. The fraction of sp³-hybridized carbons (Fsp3) is 0.263. The predicted molar refractivity (Wildman–Crippen MR) is 102 cm³/mol. The van der Waals surface area contributed by atoms with Gasteiger partial charge in [0.05, 0.1) is 14.2 Å². The zero-order chi connectivity index (χ0) is 20.7. The number of rotatable bonds is 8. The summed E-state index contributed by atoms with van der Waals surface area (Å²) in [4.78, 5) is 12.3. The minimum atomic E-state index is -4.15. The summed E-state index contributed by atoms with van der Waals surface area (Å²) in [5.74, 6) is -0.162. The number of carbonyl (C=O) groups is 1. The molecule has 0 atom stereocenters. The van der Waals surface area contributed by atoms with Crippen molar-refractivity contribution in [3.8, 4) is 17.2 Å². The van der Waals surface area contributed by atoms with Crippen LogP contribution in [0.25, 0.3) is 0 Å². The minimum absolute atomic E-state index is 0.0693. The van der Waals surface area contributed by atoms with Gasteiger partial charge < -0.3 is 14.2 Å². The molecule has 150 valence electrons. The van der Waals surface area contributed by atoms with Crippen LogP contribution in [0.3, 0.4) is 0 Å². The zero-order valence-electron chi connectivity index (χ0n) is 16.0. The van der Waals surface area contributed by atoms with Crippen LogP contribution in [0.15, 0.2) is 52.5 Å². The van der Waals surface area contributed by atoms with Crippen LogP contribution in [-0.2, 0) is 19.2 Å². The first-order valence-electron chi connectivity index (χ1n) is 8.32. The Morgan fingerprint density at radius 1 is 1.00 bits per heavy atom. The molecule has 0 bridgehead atoms. The van der Waals surface area contributed by atoms with Crippen LogP contribution in [0.4, 0.5) is 0 Å². The van der Waals surface area contributed by atoms with E-state index in [0.29, 0.717) is 5.75 Å². The number of oxime groups is 1. The molecule has 2 aromatic carbocycles. The van der Waals surface area contributed by atoms with Gasteiger partial charge in [-0.15, -0.1) is 0 Å². The van der Waals surface area contributed by atoms with E-state index in [0.717, 1.165) is 5.56 Å². The van der Waals surface area contributed by atoms with Crippen molar-refractivity contribution in [2.24, 2.45) is 5.16 Å². The smallest absolute Gasteiger partial charge is 0.361 e. The first-order valence-corrected chi connectivity index (χ1v) is 9.73. The maximum Gasteiger partial charge on any atom is 0.361 e. The van der Waals surface area contributed by atoms with Gasteiger partial charge in [0.1, 0.15) is 4.90 Å². The van der Waals surface area contributed by atoms with E-state index < -0.39 is 16.1 Å². The average Bonchev–Trinajstić information content (AvgIpc) is 2.68. The maximum absolute atomic E-state index is 12.4. The second-order valence-corrected chi connectivity index (χ2v) is 7.14. The molecule has 0 radical (unpaired) electrons. The number of ether oxygens (including phenoxy) is 3. The van der Waals surface area contributed by atoms with Gasteiger partial charge in [0.15, 0.2) is 17.2 Å². The molecule has 0 heterocycles. The van der Waals surface area contributed by atoms with Gasteiger partial charge in [-0.05, 0) is 37.6 Å². The molecule has 2 aromatic rings. The van der Waals surface area contributed by atoms with E-state index in [1.165, 1.54) is 32.4 Å². The molecule has 0 spiro atoms. The second-order valence-electron chi connectivity index (χ2n) is 5.61. The van der Waals surface area contributed by atoms with Crippen molar-refractivity contribution in [2.45, 2.75) is 25.2 Å². The van der Waals surface area contributed by atoms with Crippen molar-refractivity contribution in [1.29, 1.82) is 0 Å². The van der Waals surface area contributed by atoms with Crippen molar-refractivity contribution in [1.82, 2.24) is 0 Å². The molecule has 2 rings (SSSR count). The Kier molecular flexibility index (Phi) is 7.00. The van der Waals surface area contributed by atoms with Gasteiger partial charge >= 0.3 is 16.1 Å². The standard InChI is InChI=1S/C19H21NO7S/c1-5-15(20-27-28(22,23)14-11-9-13(2)10-12-14)19(21)26-17-8-6-7-16(24-3)18(17)25-4/h6-12H,5H2,1-4H3. The molecule has 0 aliphatic carbocycles. The lowest BCUT2D eigenvalue weighted by Gasteiger charge is -2.12. The summed E-state index contributed by atoms with van der Waals surface area (Å²) in [5.41, 5.74) is 0.688. The third kappa shape index (κ3) is 5.01. The Labute approximate surface area is 163 Å². The largest absolute Gasteiger partial charge is 0.493 e. The van der Waals surface area contributed by atoms with Gasteiger partial charge in [0.25, 0.3) is 0 Å². The molecule has 0 aliphatic heterocycles. The molecule has 0 aromatic heterocycles. The highest BCUT2D eigenvalue weighted by atomic mass is 32.2. The van der Waals surface area contributed by atoms with Gasteiger partial charge in [-0.1, -0.05) is 35.8 Å². The molecule has 9 heteroatoms. The highest BCUT2D eigenvalue weighted by molar-refractivity contribution is 7.86. The first-order chi connectivity index (χ1) is 13.3. The molecule has 0 saturated heterocycles. The fourth-order valence-corrected chi connectivity index (χ4v) is 2.93. The second kappa shape index (κ2) is 9.23. The highest BCUT2D eigenvalue weighted by Gasteiger charge is 2.21. The number of hydrogen-bond donors (Lipinski definition) is 0. The summed E-state index contributed by atoms with van der Waals surface area (Å²) in [5, 5.41) is 3.49. The van der Waals surface area contributed by atoms with E-state index in [-0.39, 0.29) is 28.5 Å². The molecule has 28 heavy (non-hydrogen) atoms. The highest BCUT2D eigenvalue weighted by Crippen LogP contribution is 2.36. The molecule has 0 fully saturated rings. The Balaban J connectivity index is 2.20. The number of esters is 1. The lowest BCUT2D eigenvalue weighted by atomic mass is 10.2. The van der Waals surface area contributed by atoms with Crippen LogP contribution >= 0.6 is 0 Å². The van der Waals surface area contributed by atoms with Crippen LogP contribution in [-0.4, -0.2) is 34.3 Å². The minimum Gasteiger partial charge on any atom is -0.493 e. The summed E-state index contributed by atoms with van der Waals surface area (Å²) in [6.45, 7) is 3.44. The van der Waals surface area contributed by atoms with E-state index >= 15 is 0 Å². The average molecular weight is 407 g/mol. The van der Waals surface area contributed by atoms with E-state index in [1.54, 1.807) is 31.2 Å². The number of para-hydroxylation sites is 1. The Bertz CT molecular complexity index is 966. The first kappa shape index (κ1) is 21.2. The maximum atomic E-state index is 12.4.